The number of hydrogen-bond acceptors (Lipinski definition) is 4. The van der Waals surface area contributed by atoms with E-state index in [1.807, 2.05) is 13.2 Å². The standard InChI is InChI=1S/C15H25N3O/c1-5-14(16-4)15-7-6-13(8-17-15)18-9-12(3)19-10-11(18)2/h6-8,11-12,14,16H,5,9-10H2,1-4H3. The number of morpholine rings is 1. The second kappa shape index (κ2) is 6.35. The van der Waals surface area contributed by atoms with Gasteiger partial charge in [-0.15, -0.1) is 0 Å². The number of rotatable bonds is 4. The molecule has 1 aromatic heterocycles. The summed E-state index contributed by atoms with van der Waals surface area (Å²) in [4.78, 5) is 6.99. The summed E-state index contributed by atoms with van der Waals surface area (Å²) in [6, 6.07) is 5.06. The van der Waals surface area contributed by atoms with E-state index in [1.54, 1.807) is 0 Å². The molecular formula is C15H25N3O. The first-order valence-corrected chi connectivity index (χ1v) is 7.17. The first kappa shape index (κ1) is 14.3. The van der Waals surface area contributed by atoms with Crippen molar-refractivity contribution in [2.24, 2.45) is 0 Å². The maximum atomic E-state index is 5.67. The van der Waals surface area contributed by atoms with E-state index in [9.17, 15) is 0 Å². The Morgan fingerprint density at radius 3 is 2.84 bits per heavy atom. The summed E-state index contributed by atoms with van der Waals surface area (Å²) in [6.07, 6.45) is 3.33. The molecule has 0 saturated carbocycles. The molecule has 1 fully saturated rings. The van der Waals surface area contributed by atoms with Crippen molar-refractivity contribution in [2.45, 2.75) is 45.4 Å². The molecule has 19 heavy (non-hydrogen) atoms. The average molecular weight is 263 g/mol. The molecule has 4 heteroatoms. The zero-order chi connectivity index (χ0) is 13.8. The second-order valence-corrected chi connectivity index (χ2v) is 5.34. The molecular weight excluding hydrogens is 238 g/mol. The van der Waals surface area contributed by atoms with Crippen molar-refractivity contribution in [3.05, 3.63) is 24.0 Å². The topological polar surface area (TPSA) is 37.4 Å². The smallest absolute Gasteiger partial charge is 0.0723 e. The summed E-state index contributed by atoms with van der Waals surface area (Å²) in [7, 11) is 1.98. The number of anilines is 1. The fourth-order valence-electron chi connectivity index (χ4n) is 2.60. The minimum Gasteiger partial charge on any atom is -0.375 e. The van der Waals surface area contributed by atoms with Crippen LogP contribution in [0.5, 0.6) is 0 Å². The van der Waals surface area contributed by atoms with Gasteiger partial charge >= 0.3 is 0 Å². The number of ether oxygens (including phenoxy) is 1. The molecule has 0 bridgehead atoms. The van der Waals surface area contributed by atoms with Crippen molar-refractivity contribution in [3.8, 4) is 0 Å². The Hall–Kier alpha value is -1.13. The SMILES string of the molecule is CCC(NC)c1ccc(N2CC(C)OCC2C)cn1. The molecule has 0 spiro atoms. The van der Waals surface area contributed by atoms with E-state index in [2.05, 4.69) is 48.1 Å². The Balaban J connectivity index is 2.13. The summed E-state index contributed by atoms with van der Waals surface area (Å²) in [5.74, 6) is 0. The molecule has 106 valence electrons. The van der Waals surface area contributed by atoms with Crippen molar-refractivity contribution in [3.63, 3.8) is 0 Å². The predicted octanol–water partition coefficient (Wildman–Crippen LogP) is 2.37. The van der Waals surface area contributed by atoms with Gasteiger partial charge in [0.25, 0.3) is 0 Å². The summed E-state index contributed by atoms with van der Waals surface area (Å²) in [6.45, 7) is 8.21. The van der Waals surface area contributed by atoms with Crippen LogP contribution in [0.4, 0.5) is 5.69 Å². The lowest BCUT2D eigenvalue weighted by Gasteiger charge is -2.38. The van der Waals surface area contributed by atoms with Gasteiger partial charge in [-0.05, 0) is 39.4 Å². The van der Waals surface area contributed by atoms with Crippen LogP contribution in [0.1, 0.15) is 38.9 Å². The first-order chi connectivity index (χ1) is 9.15. The Labute approximate surface area is 116 Å². The van der Waals surface area contributed by atoms with Gasteiger partial charge in [-0.1, -0.05) is 6.92 Å². The van der Waals surface area contributed by atoms with Crippen molar-refractivity contribution >= 4 is 5.69 Å². The van der Waals surface area contributed by atoms with Gasteiger partial charge in [0.2, 0.25) is 0 Å². The number of hydrogen-bond donors (Lipinski definition) is 1. The van der Waals surface area contributed by atoms with E-state index in [-0.39, 0.29) is 6.10 Å². The van der Waals surface area contributed by atoms with Gasteiger partial charge in [-0.3, -0.25) is 4.98 Å². The molecule has 0 radical (unpaired) electrons. The molecule has 1 aliphatic heterocycles. The van der Waals surface area contributed by atoms with Gasteiger partial charge in [0, 0.05) is 18.6 Å². The zero-order valence-corrected chi connectivity index (χ0v) is 12.4. The molecule has 2 rings (SSSR count). The normalized spacial score (nSPS) is 25.4. The van der Waals surface area contributed by atoms with E-state index < -0.39 is 0 Å². The van der Waals surface area contributed by atoms with Crippen LogP contribution in [0.3, 0.4) is 0 Å². The summed E-state index contributed by atoms with van der Waals surface area (Å²) < 4.78 is 5.67. The van der Waals surface area contributed by atoms with Gasteiger partial charge in [0.1, 0.15) is 0 Å². The van der Waals surface area contributed by atoms with Crippen LogP contribution >= 0.6 is 0 Å². The fraction of sp³-hybridized carbons (Fsp3) is 0.667. The Morgan fingerprint density at radius 2 is 2.26 bits per heavy atom. The molecule has 1 aliphatic rings. The van der Waals surface area contributed by atoms with Crippen LogP contribution < -0.4 is 10.2 Å². The van der Waals surface area contributed by atoms with Gasteiger partial charge < -0.3 is 15.0 Å². The zero-order valence-electron chi connectivity index (χ0n) is 12.4. The van der Waals surface area contributed by atoms with Gasteiger partial charge in [0.05, 0.1) is 30.3 Å². The van der Waals surface area contributed by atoms with Crippen molar-refractivity contribution in [2.75, 3.05) is 25.1 Å². The van der Waals surface area contributed by atoms with Crippen LogP contribution in [0.2, 0.25) is 0 Å². The number of pyridine rings is 1. The Kier molecular flexibility index (Phi) is 4.77. The summed E-state index contributed by atoms with van der Waals surface area (Å²) in [5.41, 5.74) is 2.31. The average Bonchev–Trinajstić information content (AvgIpc) is 2.44. The third-order valence-corrected chi connectivity index (χ3v) is 3.82. The van der Waals surface area contributed by atoms with Crippen LogP contribution in [-0.4, -0.2) is 37.3 Å². The van der Waals surface area contributed by atoms with Crippen LogP contribution in [0, 0.1) is 0 Å². The van der Waals surface area contributed by atoms with Gasteiger partial charge in [0.15, 0.2) is 0 Å². The van der Waals surface area contributed by atoms with Gasteiger partial charge in [-0.25, -0.2) is 0 Å². The van der Waals surface area contributed by atoms with E-state index in [0.29, 0.717) is 12.1 Å². The molecule has 0 amide bonds. The second-order valence-electron chi connectivity index (χ2n) is 5.34. The highest BCUT2D eigenvalue weighted by atomic mass is 16.5. The molecule has 0 aromatic carbocycles. The fourth-order valence-corrected chi connectivity index (χ4v) is 2.60. The van der Waals surface area contributed by atoms with Crippen LogP contribution in [-0.2, 0) is 4.74 Å². The van der Waals surface area contributed by atoms with E-state index in [4.69, 9.17) is 4.74 Å². The molecule has 3 unspecified atom stereocenters. The lowest BCUT2D eigenvalue weighted by atomic mass is 10.1. The lowest BCUT2D eigenvalue weighted by molar-refractivity contribution is 0.0343. The maximum absolute atomic E-state index is 5.67. The third-order valence-electron chi connectivity index (χ3n) is 3.82. The molecule has 3 atom stereocenters. The third kappa shape index (κ3) is 3.25. The van der Waals surface area contributed by atoms with E-state index in [1.165, 1.54) is 5.69 Å². The Bertz CT molecular complexity index is 389. The molecule has 4 nitrogen and oxygen atoms in total. The largest absolute Gasteiger partial charge is 0.375 e. The maximum Gasteiger partial charge on any atom is 0.0723 e. The highest BCUT2D eigenvalue weighted by Gasteiger charge is 2.23. The monoisotopic (exact) mass is 263 g/mol. The minimum atomic E-state index is 0.288. The number of aromatic nitrogens is 1. The van der Waals surface area contributed by atoms with Crippen molar-refractivity contribution < 1.29 is 4.74 Å². The molecule has 1 N–H and O–H groups in total. The Morgan fingerprint density at radius 1 is 1.47 bits per heavy atom. The quantitative estimate of drug-likeness (QED) is 0.905. The molecule has 2 heterocycles. The van der Waals surface area contributed by atoms with Gasteiger partial charge in [-0.2, -0.15) is 0 Å². The predicted molar refractivity (Wildman–Crippen MR) is 78.6 cm³/mol. The first-order valence-electron chi connectivity index (χ1n) is 7.17. The lowest BCUT2D eigenvalue weighted by Crippen LogP contribution is -2.47. The number of nitrogens with one attached hydrogen (secondary N) is 1. The molecule has 1 saturated heterocycles. The molecule has 0 aliphatic carbocycles. The summed E-state index contributed by atoms with van der Waals surface area (Å²) >= 11 is 0. The van der Waals surface area contributed by atoms with E-state index >= 15 is 0 Å². The van der Waals surface area contributed by atoms with Crippen LogP contribution in [0.15, 0.2) is 18.3 Å². The summed E-state index contributed by atoms with van der Waals surface area (Å²) in [5, 5.41) is 3.29. The van der Waals surface area contributed by atoms with Crippen molar-refractivity contribution in [1.82, 2.24) is 10.3 Å². The van der Waals surface area contributed by atoms with Crippen LogP contribution in [0.25, 0.3) is 0 Å². The minimum absolute atomic E-state index is 0.288. The van der Waals surface area contributed by atoms with E-state index in [0.717, 1.165) is 25.3 Å². The number of nitrogens with zero attached hydrogens (tertiary/aromatic N) is 2. The highest BCUT2D eigenvalue weighted by Crippen LogP contribution is 2.23. The highest BCUT2D eigenvalue weighted by molar-refractivity contribution is 5.46. The molecule has 1 aromatic rings. The van der Waals surface area contributed by atoms with Crippen molar-refractivity contribution in [1.29, 1.82) is 0 Å².